The SMILES string of the molecule is CN1Cc2ccccc2C2(CCN(c3nccs3)CC2)C1. The number of nitrogens with zero attached hydrogens (tertiary/aromatic N) is 3. The third-order valence-electron chi connectivity index (χ3n) is 5.01. The number of hydrogen-bond donors (Lipinski definition) is 0. The molecule has 0 bridgehead atoms. The van der Waals surface area contributed by atoms with E-state index in [1.54, 1.807) is 16.9 Å². The minimum atomic E-state index is 0.345. The van der Waals surface area contributed by atoms with Crippen molar-refractivity contribution in [2.24, 2.45) is 0 Å². The number of hydrogen-bond acceptors (Lipinski definition) is 4. The quantitative estimate of drug-likeness (QED) is 0.806. The van der Waals surface area contributed by atoms with Crippen LogP contribution in [0.2, 0.25) is 0 Å². The predicted molar refractivity (Wildman–Crippen MR) is 88.0 cm³/mol. The van der Waals surface area contributed by atoms with E-state index in [0.29, 0.717) is 5.41 Å². The van der Waals surface area contributed by atoms with Crippen molar-refractivity contribution in [1.82, 2.24) is 9.88 Å². The highest BCUT2D eigenvalue weighted by Crippen LogP contribution is 2.42. The molecule has 1 saturated heterocycles. The van der Waals surface area contributed by atoms with Gasteiger partial charge in [-0.2, -0.15) is 0 Å². The van der Waals surface area contributed by atoms with E-state index in [9.17, 15) is 0 Å². The van der Waals surface area contributed by atoms with Gasteiger partial charge in [-0.3, -0.25) is 0 Å². The van der Waals surface area contributed by atoms with Crippen LogP contribution in [0.25, 0.3) is 0 Å². The molecular weight excluding hydrogens is 278 g/mol. The van der Waals surface area contributed by atoms with Crippen LogP contribution in [0, 0.1) is 0 Å². The normalized spacial score (nSPS) is 21.5. The maximum Gasteiger partial charge on any atom is 0.185 e. The zero-order valence-electron chi connectivity index (χ0n) is 12.5. The average Bonchev–Trinajstić information content (AvgIpc) is 3.02. The Balaban J connectivity index is 1.62. The maximum atomic E-state index is 4.47. The average molecular weight is 299 g/mol. The van der Waals surface area contributed by atoms with Crippen LogP contribution in [0.5, 0.6) is 0 Å². The second-order valence-corrected chi connectivity index (χ2v) is 7.28. The van der Waals surface area contributed by atoms with Gasteiger partial charge in [0.25, 0.3) is 0 Å². The second-order valence-electron chi connectivity index (χ2n) is 6.41. The van der Waals surface area contributed by atoms with Crippen LogP contribution in [0.1, 0.15) is 24.0 Å². The van der Waals surface area contributed by atoms with Crippen molar-refractivity contribution in [2.45, 2.75) is 24.8 Å². The summed E-state index contributed by atoms with van der Waals surface area (Å²) >= 11 is 1.76. The minimum absolute atomic E-state index is 0.345. The topological polar surface area (TPSA) is 19.4 Å². The lowest BCUT2D eigenvalue weighted by molar-refractivity contribution is 0.181. The monoisotopic (exact) mass is 299 g/mol. The van der Waals surface area contributed by atoms with Gasteiger partial charge in [0, 0.05) is 43.2 Å². The summed E-state index contributed by atoms with van der Waals surface area (Å²) in [6.07, 6.45) is 4.37. The summed E-state index contributed by atoms with van der Waals surface area (Å²) < 4.78 is 0. The summed E-state index contributed by atoms with van der Waals surface area (Å²) in [6, 6.07) is 9.05. The molecule has 0 amide bonds. The first-order chi connectivity index (χ1) is 10.3. The first-order valence-electron chi connectivity index (χ1n) is 7.68. The number of anilines is 1. The van der Waals surface area contributed by atoms with Gasteiger partial charge in [-0.25, -0.2) is 4.98 Å². The van der Waals surface area contributed by atoms with Crippen molar-refractivity contribution in [3.63, 3.8) is 0 Å². The van der Waals surface area contributed by atoms with Crippen LogP contribution in [0.4, 0.5) is 5.13 Å². The molecule has 3 heterocycles. The van der Waals surface area contributed by atoms with Crippen LogP contribution < -0.4 is 4.90 Å². The van der Waals surface area contributed by atoms with Crippen LogP contribution in [0.3, 0.4) is 0 Å². The minimum Gasteiger partial charge on any atom is -0.348 e. The highest BCUT2D eigenvalue weighted by molar-refractivity contribution is 7.13. The van der Waals surface area contributed by atoms with Crippen molar-refractivity contribution in [1.29, 1.82) is 0 Å². The van der Waals surface area contributed by atoms with Crippen molar-refractivity contribution < 1.29 is 0 Å². The molecule has 0 atom stereocenters. The smallest absolute Gasteiger partial charge is 0.185 e. The predicted octanol–water partition coefficient (Wildman–Crippen LogP) is 3.13. The lowest BCUT2D eigenvalue weighted by atomic mass is 9.69. The van der Waals surface area contributed by atoms with E-state index in [4.69, 9.17) is 0 Å². The van der Waals surface area contributed by atoms with Crippen molar-refractivity contribution in [2.75, 3.05) is 31.6 Å². The van der Waals surface area contributed by atoms with Gasteiger partial charge in [0.05, 0.1) is 0 Å². The highest BCUT2D eigenvalue weighted by atomic mass is 32.1. The molecule has 4 rings (SSSR count). The number of thiazole rings is 1. The number of rotatable bonds is 1. The van der Waals surface area contributed by atoms with Gasteiger partial charge >= 0.3 is 0 Å². The Kier molecular flexibility index (Phi) is 3.23. The number of aromatic nitrogens is 1. The number of fused-ring (bicyclic) bond motifs is 2. The van der Waals surface area contributed by atoms with E-state index in [2.05, 4.69) is 51.5 Å². The fourth-order valence-corrected chi connectivity index (χ4v) is 4.75. The molecule has 3 nitrogen and oxygen atoms in total. The van der Waals surface area contributed by atoms with Crippen LogP contribution in [0.15, 0.2) is 35.8 Å². The largest absolute Gasteiger partial charge is 0.348 e. The summed E-state index contributed by atoms with van der Waals surface area (Å²) in [5, 5.41) is 3.26. The zero-order valence-corrected chi connectivity index (χ0v) is 13.3. The summed E-state index contributed by atoms with van der Waals surface area (Å²) in [5.74, 6) is 0. The molecule has 1 spiro atoms. The van der Waals surface area contributed by atoms with Crippen molar-refractivity contribution in [3.8, 4) is 0 Å². The summed E-state index contributed by atoms with van der Waals surface area (Å²) in [7, 11) is 2.25. The Morgan fingerprint density at radius 1 is 1.19 bits per heavy atom. The Morgan fingerprint density at radius 3 is 2.76 bits per heavy atom. The summed E-state index contributed by atoms with van der Waals surface area (Å²) in [6.45, 7) is 4.52. The molecule has 0 N–H and O–H groups in total. The van der Waals surface area contributed by atoms with Crippen LogP contribution in [-0.2, 0) is 12.0 Å². The van der Waals surface area contributed by atoms with Gasteiger partial charge in [-0.1, -0.05) is 24.3 Å². The first-order valence-corrected chi connectivity index (χ1v) is 8.56. The lowest BCUT2D eigenvalue weighted by Crippen LogP contribution is -2.51. The molecule has 1 fully saturated rings. The van der Waals surface area contributed by atoms with Gasteiger partial charge in [0.15, 0.2) is 5.13 Å². The Labute approximate surface area is 130 Å². The number of benzene rings is 1. The van der Waals surface area contributed by atoms with Gasteiger partial charge in [0.2, 0.25) is 0 Å². The van der Waals surface area contributed by atoms with Gasteiger partial charge in [0.1, 0.15) is 0 Å². The Bertz CT molecular complexity index is 615. The molecule has 2 aliphatic heterocycles. The zero-order chi connectivity index (χ0) is 14.3. The molecule has 1 aromatic carbocycles. The third kappa shape index (κ3) is 2.27. The van der Waals surface area contributed by atoms with Gasteiger partial charge in [-0.05, 0) is 31.0 Å². The van der Waals surface area contributed by atoms with Gasteiger partial charge < -0.3 is 9.80 Å². The highest BCUT2D eigenvalue weighted by Gasteiger charge is 2.41. The molecular formula is C17H21N3S. The molecule has 0 radical (unpaired) electrons. The summed E-state index contributed by atoms with van der Waals surface area (Å²) in [5.41, 5.74) is 3.47. The van der Waals surface area contributed by atoms with E-state index in [1.165, 1.54) is 30.1 Å². The summed E-state index contributed by atoms with van der Waals surface area (Å²) in [4.78, 5) is 9.41. The molecule has 0 unspecified atom stereocenters. The Morgan fingerprint density at radius 2 is 2.00 bits per heavy atom. The third-order valence-corrected chi connectivity index (χ3v) is 5.84. The van der Waals surface area contributed by atoms with Crippen LogP contribution in [-0.4, -0.2) is 36.6 Å². The van der Waals surface area contributed by atoms with E-state index in [1.807, 2.05) is 6.20 Å². The number of piperidine rings is 1. The lowest BCUT2D eigenvalue weighted by Gasteiger charge is -2.48. The molecule has 21 heavy (non-hydrogen) atoms. The van der Waals surface area contributed by atoms with Crippen LogP contribution >= 0.6 is 11.3 Å². The molecule has 1 aromatic heterocycles. The fourth-order valence-electron chi connectivity index (χ4n) is 4.05. The van der Waals surface area contributed by atoms with E-state index in [-0.39, 0.29) is 0 Å². The first kappa shape index (κ1) is 13.3. The van der Waals surface area contributed by atoms with E-state index >= 15 is 0 Å². The van der Waals surface area contributed by atoms with E-state index < -0.39 is 0 Å². The molecule has 110 valence electrons. The fraction of sp³-hybridized carbons (Fsp3) is 0.471. The molecule has 0 saturated carbocycles. The molecule has 4 heteroatoms. The Hall–Kier alpha value is -1.39. The standard InChI is InChI=1S/C17H21N3S/c1-19-12-14-4-2-3-5-15(14)17(13-19)6-9-20(10-7-17)16-18-8-11-21-16/h2-5,8,11H,6-7,9-10,12-13H2,1H3. The van der Waals surface area contributed by atoms with E-state index in [0.717, 1.165) is 19.6 Å². The maximum absolute atomic E-state index is 4.47. The van der Waals surface area contributed by atoms with Crippen molar-refractivity contribution in [3.05, 3.63) is 47.0 Å². The van der Waals surface area contributed by atoms with Gasteiger partial charge in [-0.15, -0.1) is 11.3 Å². The molecule has 2 aliphatic rings. The number of likely N-dealkylation sites (N-methyl/N-ethyl adjacent to an activating group) is 1. The second kappa shape index (κ2) is 5.11. The molecule has 2 aromatic rings. The van der Waals surface area contributed by atoms with Crippen molar-refractivity contribution >= 4 is 16.5 Å². The molecule has 0 aliphatic carbocycles.